The van der Waals surface area contributed by atoms with E-state index in [2.05, 4.69) is 0 Å². The fourth-order valence-corrected chi connectivity index (χ4v) is 4.41. The Morgan fingerprint density at radius 3 is 2.33 bits per heavy atom. The van der Waals surface area contributed by atoms with Gasteiger partial charge in [-0.3, -0.25) is 4.79 Å². The second-order valence-corrected chi connectivity index (χ2v) is 8.26. The molecule has 1 saturated heterocycles. The molecule has 0 atom stereocenters. The van der Waals surface area contributed by atoms with Gasteiger partial charge in [0, 0.05) is 18.7 Å². The number of benzene rings is 2. The molecular weight excluding hydrogens is 322 g/mol. The Balaban J connectivity index is 1.75. The van der Waals surface area contributed by atoms with Crippen LogP contribution in [-0.2, 0) is 15.6 Å². The Kier molecular flexibility index (Phi) is 4.71. The van der Waals surface area contributed by atoms with Crippen LogP contribution in [0.5, 0.6) is 0 Å². The lowest BCUT2D eigenvalue weighted by molar-refractivity contribution is 0.0793. The van der Waals surface area contributed by atoms with Crippen molar-refractivity contribution in [2.75, 3.05) is 13.1 Å². The van der Waals surface area contributed by atoms with Crippen LogP contribution in [0, 0.1) is 6.92 Å². The summed E-state index contributed by atoms with van der Waals surface area (Å²) in [5.41, 5.74) is 2.23. The molecule has 2 aromatic carbocycles. The number of carbonyl (C=O) groups is 1. The summed E-state index contributed by atoms with van der Waals surface area (Å²) in [5.74, 6) is -0.0325. The van der Waals surface area contributed by atoms with Crippen LogP contribution in [0.15, 0.2) is 53.4 Å². The fourth-order valence-electron chi connectivity index (χ4n) is 2.96. The molecular formula is C19H21NO3S. The molecule has 1 aliphatic rings. The summed E-state index contributed by atoms with van der Waals surface area (Å²) in [4.78, 5) is 14.5. The molecule has 126 valence electrons. The molecule has 1 fully saturated rings. The quantitative estimate of drug-likeness (QED) is 0.856. The molecule has 2 aromatic rings. The van der Waals surface area contributed by atoms with Gasteiger partial charge in [0.15, 0.2) is 9.84 Å². The number of hydrogen-bond acceptors (Lipinski definition) is 3. The number of sulfone groups is 1. The topological polar surface area (TPSA) is 54.5 Å². The summed E-state index contributed by atoms with van der Waals surface area (Å²) in [6.45, 7) is 3.49. The standard InChI is InChI=1S/C19H21NO3S/c1-15-5-4-6-18(13-15)24(22,23)14-16-7-9-17(10-8-16)19(21)20-11-2-3-12-20/h4-10,13H,2-3,11-12,14H2,1H3. The first-order chi connectivity index (χ1) is 11.5. The molecule has 0 unspecified atom stereocenters. The van der Waals surface area contributed by atoms with Crippen molar-refractivity contribution >= 4 is 15.7 Å². The first-order valence-electron chi connectivity index (χ1n) is 8.13. The summed E-state index contributed by atoms with van der Waals surface area (Å²) in [5, 5.41) is 0. The Morgan fingerprint density at radius 1 is 1.04 bits per heavy atom. The van der Waals surface area contributed by atoms with E-state index in [9.17, 15) is 13.2 Å². The highest BCUT2D eigenvalue weighted by atomic mass is 32.2. The number of likely N-dealkylation sites (tertiary alicyclic amines) is 1. The van der Waals surface area contributed by atoms with Crippen molar-refractivity contribution in [2.24, 2.45) is 0 Å². The van der Waals surface area contributed by atoms with Gasteiger partial charge in [-0.25, -0.2) is 8.42 Å². The predicted molar refractivity (Wildman–Crippen MR) is 93.6 cm³/mol. The zero-order chi connectivity index (χ0) is 17.2. The summed E-state index contributed by atoms with van der Waals surface area (Å²) in [7, 11) is -3.38. The summed E-state index contributed by atoms with van der Waals surface area (Å²) in [6, 6.07) is 13.8. The Hall–Kier alpha value is -2.14. The molecule has 0 saturated carbocycles. The van der Waals surface area contributed by atoms with Crippen LogP contribution in [0.3, 0.4) is 0 Å². The fraction of sp³-hybridized carbons (Fsp3) is 0.316. The van der Waals surface area contributed by atoms with Crippen molar-refractivity contribution in [3.05, 3.63) is 65.2 Å². The first-order valence-corrected chi connectivity index (χ1v) is 9.78. The predicted octanol–water partition coefficient (Wildman–Crippen LogP) is 3.20. The van der Waals surface area contributed by atoms with Crippen LogP contribution in [-0.4, -0.2) is 32.3 Å². The molecule has 0 radical (unpaired) electrons. The van der Waals surface area contributed by atoms with Gasteiger partial charge in [0.2, 0.25) is 0 Å². The normalized spacial score (nSPS) is 14.8. The maximum Gasteiger partial charge on any atom is 0.253 e. The van der Waals surface area contributed by atoms with E-state index in [1.54, 1.807) is 42.5 Å². The van der Waals surface area contributed by atoms with Crippen molar-refractivity contribution in [2.45, 2.75) is 30.4 Å². The van der Waals surface area contributed by atoms with Crippen molar-refractivity contribution in [3.8, 4) is 0 Å². The van der Waals surface area contributed by atoms with Gasteiger partial charge in [0.25, 0.3) is 5.91 Å². The highest BCUT2D eigenvalue weighted by molar-refractivity contribution is 7.90. The zero-order valence-corrected chi connectivity index (χ0v) is 14.6. The molecule has 5 heteroatoms. The lowest BCUT2D eigenvalue weighted by atomic mass is 10.1. The molecule has 4 nitrogen and oxygen atoms in total. The van der Waals surface area contributed by atoms with E-state index in [1.165, 1.54) is 0 Å². The van der Waals surface area contributed by atoms with Crippen LogP contribution < -0.4 is 0 Å². The van der Waals surface area contributed by atoms with E-state index in [1.807, 2.05) is 17.9 Å². The third kappa shape index (κ3) is 3.67. The van der Waals surface area contributed by atoms with E-state index in [0.717, 1.165) is 31.5 Å². The van der Waals surface area contributed by atoms with Crippen LogP contribution in [0.2, 0.25) is 0 Å². The SMILES string of the molecule is Cc1cccc(S(=O)(=O)Cc2ccc(C(=O)N3CCCC3)cc2)c1. The molecule has 24 heavy (non-hydrogen) atoms. The maximum atomic E-state index is 12.5. The minimum atomic E-state index is -3.38. The molecule has 1 heterocycles. The largest absolute Gasteiger partial charge is 0.339 e. The lowest BCUT2D eigenvalue weighted by Gasteiger charge is -2.15. The summed E-state index contributed by atoms with van der Waals surface area (Å²) >= 11 is 0. The van der Waals surface area contributed by atoms with Crippen LogP contribution in [0.25, 0.3) is 0 Å². The van der Waals surface area contributed by atoms with E-state index >= 15 is 0 Å². The number of amides is 1. The summed E-state index contributed by atoms with van der Waals surface area (Å²) < 4.78 is 25.0. The minimum absolute atomic E-state index is 0.0283. The molecule has 0 aromatic heterocycles. The Labute approximate surface area is 143 Å². The van der Waals surface area contributed by atoms with Gasteiger partial charge in [0.1, 0.15) is 0 Å². The number of nitrogens with zero attached hydrogens (tertiary/aromatic N) is 1. The first kappa shape index (κ1) is 16.7. The molecule has 1 aliphatic heterocycles. The van der Waals surface area contributed by atoms with Crippen LogP contribution in [0.4, 0.5) is 0 Å². The van der Waals surface area contributed by atoms with Crippen molar-refractivity contribution in [1.29, 1.82) is 0 Å². The Morgan fingerprint density at radius 2 is 1.71 bits per heavy atom. The molecule has 1 amide bonds. The third-order valence-electron chi connectivity index (χ3n) is 4.30. The molecule has 0 N–H and O–H groups in total. The lowest BCUT2D eigenvalue weighted by Crippen LogP contribution is -2.27. The second kappa shape index (κ2) is 6.77. The van der Waals surface area contributed by atoms with E-state index in [0.29, 0.717) is 16.0 Å². The highest BCUT2D eigenvalue weighted by Crippen LogP contribution is 2.19. The number of carbonyl (C=O) groups excluding carboxylic acids is 1. The van der Waals surface area contributed by atoms with Crippen molar-refractivity contribution in [3.63, 3.8) is 0 Å². The molecule has 3 rings (SSSR count). The molecule has 0 spiro atoms. The van der Waals surface area contributed by atoms with Gasteiger partial charge in [-0.2, -0.15) is 0 Å². The zero-order valence-electron chi connectivity index (χ0n) is 13.7. The van der Waals surface area contributed by atoms with Gasteiger partial charge >= 0.3 is 0 Å². The van der Waals surface area contributed by atoms with Gasteiger partial charge in [-0.15, -0.1) is 0 Å². The molecule has 0 aliphatic carbocycles. The van der Waals surface area contributed by atoms with Gasteiger partial charge in [-0.05, 0) is 55.2 Å². The maximum absolute atomic E-state index is 12.5. The van der Waals surface area contributed by atoms with E-state index < -0.39 is 9.84 Å². The van der Waals surface area contributed by atoms with Crippen molar-refractivity contribution in [1.82, 2.24) is 4.90 Å². The number of hydrogen-bond donors (Lipinski definition) is 0. The average Bonchev–Trinajstić information content (AvgIpc) is 3.09. The summed E-state index contributed by atoms with van der Waals surface area (Å²) in [6.07, 6.45) is 2.11. The monoisotopic (exact) mass is 343 g/mol. The van der Waals surface area contributed by atoms with E-state index in [-0.39, 0.29) is 11.7 Å². The number of aryl methyl sites for hydroxylation is 1. The average molecular weight is 343 g/mol. The van der Waals surface area contributed by atoms with Gasteiger partial charge < -0.3 is 4.90 Å². The van der Waals surface area contributed by atoms with E-state index in [4.69, 9.17) is 0 Å². The number of rotatable bonds is 4. The van der Waals surface area contributed by atoms with Gasteiger partial charge in [-0.1, -0.05) is 24.3 Å². The van der Waals surface area contributed by atoms with Crippen LogP contribution in [0.1, 0.15) is 34.3 Å². The highest BCUT2D eigenvalue weighted by Gasteiger charge is 2.20. The van der Waals surface area contributed by atoms with Gasteiger partial charge in [0.05, 0.1) is 10.6 Å². The molecule has 0 bridgehead atoms. The third-order valence-corrected chi connectivity index (χ3v) is 5.99. The van der Waals surface area contributed by atoms with Crippen LogP contribution >= 0.6 is 0 Å². The smallest absolute Gasteiger partial charge is 0.253 e. The van der Waals surface area contributed by atoms with Crippen molar-refractivity contribution < 1.29 is 13.2 Å². The Bertz CT molecular complexity index is 835. The minimum Gasteiger partial charge on any atom is -0.339 e. The second-order valence-electron chi connectivity index (χ2n) is 6.27.